The minimum atomic E-state index is -0.625. The number of piperazine rings is 2. The normalized spacial score (nSPS) is 18.2. The predicted octanol–water partition coefficient (Wildman–Crippen LogP) is 4.38. The van der Waals surface area contributed by atoms with Crippen molar-refractivity contribution in [1.29, 1.82) is 0 Å². The lowest BCUT2D eigenvalue weighted by atomic mass is 9.95. The molecule has 2 amide bonds. The van der Waals surface area contributed by atoms with Gasteiger partial charge in [0.15, 0.2) is 0 Å². The van der Waals surface area contributed by atoms with Crippen LogP contribution in [-0.4, -0.2) is 73.5 Å². The molecule has 0 bridgehead atoms. The van der Waals surface area contributed by atoms with Gasteiger partial charge >= 0.3 is 0 Å². The minimum Gasteiger partial charge on any atom is -0.368 e. The van der Waals surface area contributed by atoms with Crippen LogP contribution < -0.4 is 16.0 Å². The molecule has 2 atom stereocenters. The Morgan fingerprint density at radius 3 is 2.34 bits per heavy atom. The highest BCUT2D eigenvalue weighted by Crippen LogP contribution is 2.32. The van der Waals surface area contributed by atoms with E-state index in [2.05, 4.69) is 24.1 Å². The second kappa shape index (κ2) is 12.9. The average Bonchev–Trinajstić information content (AvgIpc) is 2.88. The molecule has 38 heavy (non-hydrogen) atoms. The van der Waals surface area contributed by atoms with Crippen molar-refractivity contribution in [3.8, 4) is 0 Å². The second-order valence-corrected chi connectivity index (χ2v) is 11.8. The molecular formula is C28H36Cl3N5O2. The highest BCUT2D eigenvalue weighted by atomic mass is 35.5. The SMILES string of the molecule is CC(C)CC(N)c1cc(Cl)ccc1N1CCN(C(=O)C(Cc2ccc(Cl)cc2Cl)N2CCNCC2=O)CC1. The molecule has 2 unspecified atom stereocenters. The molecule has 0 aromatic heterocycles. The van der Waals surface area contributed by atoms with E-state index in [0.29, 0.717) is 66.7 Å². The molecule has 2 aromatic rings. The summed E-state index contributed by atoms with van der Waals surface area (Å²) in [6, 6.07) is 10.4. The molecule has 4 rings (SSSR count). The third-order valence-electron chi connectivity index (χ3n) is 7.26. The zero-order chi connectivity index (χ0) is 27.4. The lowest BCUT2D eigenvalue weighted by Gasteiger charge is -2.41. The quantitative estimate of drug-likeness (QED) is 0.484. The summed E-state index contributed by atoms with van der Waals surface area (Å²) in [4.78, 5) is 32.5. The van der Waals surface area contributed by atoms with Crippen LogP contribution in [0.2, 0.25) is 15.1 Å². The monoisotopic (exact) mass is 579 g/mol. The highest BCUT2D eigenvalue weighted by molar-refractivity contribution is 6.35. The molecule has 3 N–H and O–H groups in total. The summed E-state index contributed by atoms with van der Waals surface area (Å²) < 4.78 is 0. The fraction of sp³-hybridized carbons (Fsp3) is 0.500. The number of amides is 2. The van der Waals surface area contributed by atoms with Gasteiger partial charge in [-0.2, -0.15) is 0 Å². The van der Waals surface area contributed by atoms with Gasteiger partial charge in [0.1, 0.15) is 6.04 Å². The Labute approximate surface area is 240 Å². The summed E-state index contributed by atoms with van der Waals surface area (Å²) in [5, 5.41) is 4.79. The summed E-state index contributed by atoms with van der Waals surface area (Å²) in [6.45, 7) is 8.09. The summed E-state index contributed by atoms with van der Waals surface area (Å²) in [5.74, 6) is 0.326. The van der Waals surface area contributed by atoms with Crippen LogP contribution in [0.4, 0.5) is 5.69 Å². The van der Waals surface area contributed by atoms with Crippen molar-refractivity contribution in [3.05, 3.63) is 62.6 Å². The Balaban J connectivity index is 1.51. The zero-order valence-corrected chi connectivity index (χ0v) is 24.2. The van der Waals surface area contributed by atoms with Crippen molar-refractivity contribution in [1.82, 2.24) is 15.1 Å². The van der Waals surface area contributed by atoms with E-state index in [0.717, 1.165) is 23.2 Å². The van der Waals surface area contributed by atoms with E-state index in [9.17, 15) is 9.59 Å². The van der Waals surface area contributed by atoms with Gasteiger partial charge in [-0.1, -0.05) is 54.7 Å². The van der Waals surface area contributed by atoms with Gasteiger partial charge in [-0.05, 0) is 53.8 Å². The molecule has 10 heteroatoms. The molecule has 2 saturated heterocycles. The number of nitrogens with zero attached hydrogens (tertiary/aromatic N) is 3. The first-order valence-electron chi connectivity index (χ1n) is 13.2. The molecule has 2 aromatic carbocycles. The Hall–Kier alpha value is -2.03. The van der Waals surface area contributed by atoms with Crippen LogP contribution >= 0.6 is 34.8 Å². The smallest absolute Gasteiger partial charge is 0.245 e. The maximum atomic E-state index is 13.9. The first-order chi connectivity index (χ1) is 18.1. The number of halogens is 3. The maximum Gasteiger partial charge on any atom is 0.245 e. The Morgan fingerprint density at radius 1 is 1.00 bits per heavy atom. The van der Waals surface area contributed by atoms with Gasteiger partial charge in [0, 0.05) is 72.5 Å². The number of rotatable bonds is 8. The third kappa shape index (κ3) is 6.93. The van der Waals surface area contributed by atoms with Crippen LogP contribution in [0, 0.1) is 5.92 Å². The molecule has 0 radical (unpaired) electrons. The van der Waals surface area contributed by atoms with E-state index in [4.69, 9.17) is 40.5 Å². The summed E-state index contributed by atoms with van der Waals surface area (Å²) in [6.07, 6.45) is 1.20. The third-order valence-corrected chi connectivity index (χ3v) is 8.08. The van der Waals surface area contributed by atoms with Gasteiger partial charge in [0.05, 0.1) is 6.54 Å². The van der Waals surface area contributed by atoms with Gasteiger partial charge in [-0.25, -0.2) is 0 Å². The number of benzene rings is 2. The average molecular weight is 581 g/mol. The Morgan fingerprint density at radius 2 is 1.68 bits per heavy atom. The van der Waals surface area contributed by atoms with Crippen molar-refractivity contribution in [2.45, 2.75) is 38.8 Å². The Kier molecular flexibility index (Phi) is 9.82. The van der Waals surface area contributed by atoms with E-state index < -0.39 is 6.04 Å². The van der Waals surface area contributed by atoms with Crippen LogP contribution in [0.25, 0.3) is 0 Å². The van der Waals surface area contributed by atoms with Gasteiger partial charge in [-0.15, -0.1) is 0 Å². The number of hydrogen-bond donors (Lipinski definition) is 2. The number of anilines is 1. The minimum absolute atomic E-state index is 0.0567. The number of hydrogen-bond acceptors (Lipinski definition) is 5. The van der Waals surface area contributed by atoms with Crippen LogP contribution in [0.15, 0.2) is 36.4 Å². The molecule has 0 saturated carbocycles. The van der Waals surface area contributed by atoms with Crippen molar-refractivity contribution < 1.29 is 9.59 Å². The van der Waals surface area contributed by atoms with Crippen LogP contribution in [0.1, 0.15) is 37.4 Å². The van der Waals surface area contributed by atoms with Crippen molar-refractivity contribution in [2.75, 3.05) is 50.7 Å². The summed E-state index contributed by atoms with van der Waals surface area (Å²) >= 11 is 18.9. The molecule has 2 aliphatic heterocycles. The molecule has 0 spiro atoms. The topological polar surface area (TPSA) is 81.9 Å². The molecule has 0 aliphatic carbocycles. The first kappa shape index (κ1) is 29.0. The largest absolute Gasteiger partial charge is 0.368 e. The van der Waals surface area contributed by atoms with E-state index in [1.165, 1.54) is 0 Å². The number of nitrogens with one attached hydrogen (secondary N) is 1. The summed E-state index contributed by atoms with van der Waals surface area (Å²) in [5.41, 5.74) is 9.46. The van der Waals surface area contributed by atoms with Crippen molar-refractivity contribution >= 4 is 52.3 Å². The second-order valence-electron chi connectivity index (χ2n) is 10.5. The molecule has 2 aliphatic rings. The lowest BCUT2D eigenvalue weighted by Crippen LogP contribution is -2.60. The van der Waals surface area contributed by atoms with E-state index in [1.807, 2.05) is 29.2 Å². The van der Waals surface area contributed by atoms with Gasteiger partial charge in [-0.3, -0.25) is 9.59 Å². The number of carbonyl (C=O) groups is 2. The lowest BCUT2D eigenvalue weighted by molar-refractivity contribution is -0.146. The van der Waals surface area contributed by atoms with Crippen LogP contribution in [0.5, 0.6) is 0 Å². The number of carbonyl (C=O) groups excluding carboxylic acids is 2. The molecule has 2 fully saturated rings. The summed E-state index contributed by atoms with van der Waals surface area (Å²) in [7, 11) is 0. The highest BCUT2D eigenvalue weighted by Gasteiger charge is 2.36. The standard InChI is InChI=1S/C28H36Cl3N5O2/c1-18(2)13-24(32)22-15-20(29)5-6-25(22)34-9-11-35(12-10-34)28(38)26(36-8-7-33-17-27(36)37)14-19-3-4-21(30)16-23(19)31/h3-6,15-16,18,24,26,33H,7-14,17,32H2,1-2H3. The molecular weight excluding hydrogens is 545 g/mol. The van der Waals surface area contributed by atoms with Gasteiger partial charge in [0.25, 0.3) is 0 Å². The van der Waals surface area contributed by atoms with Gasteiger partial charge in [0.2, 0.25) is 11.8 Å². The molecule has 7 nitrogen and oxygen atoms in total. The number of nitrogens with two attached hydrogens (primary N) is 1. The Bertz CT molecular complexity index is 1150. The zero-order valence-electron chi connectivity index (χ0n) is 21.9. The first-order valence-corrected chi connectivity index (χ1v) is 14.3. The molecule has 206 valence electrons. The van der Waals surface area contributed by atoms with Crippen molar-refractivity contribution in [2.24, 2.45) is 11.7 Å². The van der Waals surface area contributed by atoms with E-state index in [1.54, 1.807) is 17.0 Å². The van der Waals surface area contributed by atoms with Crippen molar-refractivity contribution in [3.63, 3.8) is 0 Å². The van der Waals surface area contributed by atoms with E-state index in [-0.39, 0.29) is 24.4 Å². The van der Waals surface area contributed by atoms with Gasteiger partial charge < -0.3 is 25.8 Å². The maximum absolute atomic E-state index is 13.9. The van der Waals surface area contributed by atoms with Crippen LogP contribution in [-0.2, 0) is 16.0 Å². The predicted molar refractivity (Wildman–Crippen MR) is 155 cm³/mol. The molecule has 2 heterocycles. The fourth-order valence-electron chi connectivity index (χ4n) is 5.30. The van der Waals surface area contributed by atoms with Crippen LogP contribution in [0.3, 0.4) is 0 Å². The van der Waals surface area contributed by atoms with E-state index >= 15 is 0 Å². The fourth-order valence-corrected chi connectivity index (χ4v) is 5.97.